The van der Waals surface area contributed by atoms with Gasteiger partial charge in [-0.15, -0.1) is 0 Å². The number of nitrogens with one attached hydrogen (secondary N) is 2. The fraction of sp³-hybridized carbons (Fsp3) is 0.304. The van der Waals surface area contributed by atoms with Crippen LogP contribution in [0.25, 0.3) is 0 Å². The van der Waals surface area contributed by atoms with Crippen molar-refractivity contribution in [2.75, 3.05) is 11.9 Å². The number of anilines is 1. The molecule has 0 aliphatic heterocycles. The molecule has 2 N–H and O–H groups in total. The lowest BCUT2D eigenvalue weighted by atomic mass is 9.87. The van der Waals surface area contributed by atoms with Crippen molar-refractivity contribution in [3.05, 3.63) is 65.2 Å². The van der Waals surface area contributed by atoms with Crippen LogP contribution in [0.2, 0.25) is 0 Å². The molecule has 0 radical (unpaired) electrons. The number of esters is 1. The molecule has 156 valence electrons. The van der Waals surface area contributed by atoms with Gasteiger partial charge >= 0.3 is 5.97 Å². The van der Waals surface area contributed by atoms with Crippen molar-refractivity contribution in [2.24, 2.45) is 0 Å². The van der Waals surface area contributed by atoms with E-state index in [1.165, 1.54) is 6.92 Å². The van der Waals surface area contributed by atoms with Crippen LogP contribution in [-0.2, 0) is 19.7 Å². The van der Waals surface area contributed by atoms with E-state index in [4.69, 9.17) is 10.00 Å². The lowest BCUT2D eigenvalue weighted by molar-refractivity contribution is -0.152. The molecule has 0 spiro atoms. The molecule has 0 aromatic heterocycles. The van der Waals surface area contributed by atoms with Crippen LogP contribution in [0.5, 0.6) is 0 Å². The minimum atomic E-state index is -1.05. The maximum atomic E-state index is 12.2. The number of ether oxygens (including phenoxy) is 1. The van der Waals surface area contributed by atoms with Gasteiger partial charge in [0.05, 0.1) is 11.6 Å². The average molecular weight is 407 g/mol. The van der Waals surface area contributed by atoms with Gasteiger partial charge in [-0.3, -0.25) is 14.4 Å². The van der Waals surface area contributed by atoms with Crippen LogP contribution in [0.3, 0.4) is 0 Å². The Morgan fingerprint density at radius 2 is 1.63 bits per heavy atom. The number of amides is 2. The lowest BCUT2D eigenvalue weighted by Crippen LogP contribution is -2.35. The van der Waals surface area contributed by atoms with Gasteiger partial charge in [0.2, 0.25) is 0 Å². The number of hydrogen-bond acceptors (Lipinski definition) is 5. The summed E-state index contributed by atoms with van der Waals surface area (Å²) in [5.74, 6) is -1.64. The third-order valence-electron chi connectivity index (χ3n) is 4.37. The van der Waals surface area contributed by atoms with Crippen molar-refractivity contribution in [2.45, 2.75) is 39.2 Å². The summed E-state index contributed by atoms with van der Waals surface area (Å²) in [5, 5.41) is 13.9. The minimum Gasteiger partial charge on any atom is -0.451 e. The SMILES string of the molecule is C[C@H](OC(=O)CNC(=O)c1ccc(C(C)(C)C)cc1)C(=O)Nc1ccc(C#N)cc1. The Morgan fingerprint density at radius 3 is 2.17 bits per heavy atom. The Hall–Kier alpha value is -3.66. The number of carbonyl (C=O) groups is 3. The number of nitriles is 1. The van der Waals surface area contributed by atoms with Gasteiger partial charge in [-0.05, 0) is 54.3 Å². The summed E-state index contributed by atoms with van der Waals surface area (Å²) >= 11 is 0. The first kappa shape index (κ1) is 22.6. The molecule has 0 aliphatic carbocycles. The summed E-state index contributed by atoms with van der Waals surface area (Å²) in [6, 6.07) is 15.4. The van der Waals surface area contributed by atoms with Crippen molar-refractivity contribution in [3.63, 3.8) is 0 Å². The van der Waals surface area contributed by atoms with E-state index in [0.29, 0.717) is 16.8 Å². The second kappa shape index (κ2) is 9.70. The van der Waals surface area contributed by atoms with Crippen LogP contribution in [0.15, 0.2) is 48.5 Å². The molecule has 0 saturated heterocycles. The van der Waals surface area contributed by atoms with Crippen molar-refractivity contribution in [1.29, 1.82) is 5.26 Å². The number of carbonyl (C=O) groups excluding carboxylic acids is 3. The Balaban J connectivity index is 1.82. The molecule has 0 fully saturated rings. The molecular weight excluding hydrogens is 382 g/mol. The van der Waals surface area contributed by atoms with Gasteiger partial charge in [0.25, 0.3) is 11.8 Å². The molecule has 2 aromatic carbocycles. The Morgan fingerprint density at radius 1 is 1.03 bits per heavy atom. The second-order valence-corrected chi connectivity index (χ2v) is 7.82. The lowest BCUT2D eigenvalue weighted by Gasteiger charge is -2.19. The molecule has 2 aromatic rings. The number of benzene rings is 2. The van der Waals surface area contributed by atoms with Crippen molar-refractivity contribution in [1.82, 2.24) is 5.32 Å². The van der Waals surface area contributed by atoms with E-state index >= 15 is 0 Å². The van der Waals surface area contributed by atoms with Crippen LogP contribution in [0.4, 0.5) is 5.69 Å². The first-order valence-electron chi connectivity index (χ1n) is 9.49. The van der Waals surface area contributed by atoms with E-state index in [1.807, 2.05) is 18.2 Å². The van der Waals surface area contributed by atoms with Crippen LogP contribution >= 0.6 is 0 Å². The largest absolute Gasteiger partial charge is 0.451 e. The third-order valence-corrected chi connectivity index (χ3v) is 4.37. The van der Waals surface area contributed by atoms with Gasteiger partial charge < -0.3 is 15.4 Å². The van der Waals surface area contributed by atoms with Crippen LogP contribution < -0.4 is 10.6 Å². The van der Waals surface area contributed by atoms with E-state index in [0.717, 1.165) is 5.56 Å². The molecule has 0 heterocycles. The van der Waals surface area contributed by atoms with Gasteiger partial charge in [0, 0.05) is 11.3 Å². The smallest absolute Gasteiger partial charge is 0.326 e. The third kappa shape index (κ3) is 6.45. The predicted octanol–water partition coefficient (Wildman–Crippen LogP) is 3.16. The zero-order chi connectivity index (χ0) is 22.3. The molecule has 0 bridgehead atoms. The van der Waals surface area contributed by atoms with Gasteiger partial charge in [0.15, 0.2) is 6.10 Å². The van der Waals surface area contributed by atoms with Crippen molar-refractivity contribution < 1.29 is 19.1 Å². The highest BCUT2D eigenvalue weighted by Gasteiger charge is 2.19. The Labute approximate surface area is 176 Å². The van der Waals surface area contributed by atoms with E-state index in [2.05, 4.69) is 31.4 Å². The maximum Gasteiger partial charge on any atom is 0.326 e. The van der Waals surface area contributed by atoms with Gasteiger partial charge in [-0.25, -0.2) is 0 Å². The minimum absolute atomic E-state index is 0.0206. The van der Waals surface area contributed by atoms with Gasteiger partial charge in [-0.2, -0.15) is 5.26 Å². The monoisotopic (exact) mass is 407 g/mol. The summed E-state index contributed by atoms with van der Waals surface area (Å²) < 4.78 is 5.06. The number of nitrogens with zero attached hydrogens (tertiary/aromatic N) is 1. The number of rotatable bonds is 6. The molecular formula is C23H25N3O4. The zero-order valence-corrected chi connectivity index (χ0v) is 17.5. The number of hydrogen-bond donors (Lipinski definition) is 2. The second-order valence-electron chi connectivity index (χ2n) is 7.82. The standard InChI is InChI=1S/C23H25N3O4/c1-15(21(28)26-19-11-5-16(13-24)6-12-19)30-20(27)14-25-22(29)17-7-9-18(10-8-17)23(2,3)4/h5-12,15H,14H2,1-4H3,(H,25,29)(H,26,28)/t15-/m0/s1. The quantitative estimate of drug-likeness (QED) is 0.715. The first-order valence-corrected chi connectivity index (χ1v) is 9.49. The van der Waals surface area contributed by atoms with E-state index in [9.17, 15) is 14.4 Å². The summed E-state index contributed by atoms with van der Waals surface area (Å²) in [5.41, 5.74) is 2.46. The zero-order valence-electron chi connectivity index (χ0n) is 17.5. The van der Waals surface area contributed by atoms with Crippen molar-refractivity contribution >= 4 is 23.5 Å². The summed E-state index contributed by atoms with van der Waals surface area (Å²) in [6.45, 7) is 7.32. The highest BCUT2D eigenvalue weighted by Crippen LogP contribution is 2.22. The summed E-state index contributed by atoms with van der Waals surface area (Å²) in [7, 11) is 0. The van der Waals surface area contributed by atoms with E-state index in [-0.39, 0.29) is 12.0 Å². The highest BCUT2D eigenvalue weighted by molar-refractivity contribution is 5.97. The van der Waals surface area contributed by atoms with Crippen LogP contribution in [-0.4, -0.2) is 30.4 Å². The summed E-state index contributed by atoms with van der Waals surface area (Å²) in [6.07, 6.45) is -1.05. The molecule has 0 unspecified atom stereocenters. The maximum absolute atomic E-state index is 12.2. The Kier molecular flexibility index (Phi) is 7.32. The molecule has 30 heavy (non-hydrogen) atoms. The molecule has 1 atom stereocenters. The molecule has 0 aliphatic rings. The fourth-order valence-corrected chi connectivity index (χ4v) is 2.54. The average Bonchev–Trinajstić information content (AvgIpc) is 2.72. The highest BCUT2D eigenvalue weighted by atomic mass is 16.5. The molecule has 7 nitrogen and oxygen atoms in total. The molecule has 7 heteroatoms. The molecule has 0 saturated carbocycles. The topological polar surface area (TPSA) is 108 Å². The Bertz CT molecular complexity index is 952. The van der Waals surface area contributed by atoms with E-state index < -0.39 is 23.9 Å². The predicted molar refractivity (Wildman–Crippen MR) is 113 cm³/mol. The summed E-state index contributed by atoms with van der Waals surface area (Å²) in [4.78, 5) is 36.3. The molecule has 2 rings (SSSR count). The van der Waals surface area contributed by atoms with Gasteiger partial charge in [0.1, 0.15) is 6.54 Å². The van der Waals surface area contributed by atoms with Crippen LogP contribution in [0.1, 0.15) is 49.2 Å². The fourth-order valence-electron chi connectivity index (χ4n) is 2.54. The normalized spacial score (nSPS) is 11.7. The van der Waals surface area contributed by atoms with E-state index in [1.54, 1.807) is 36.4 Å². The van der Waals surface area contributed by atoms with Gasteiger partial charge in [-0.1, -0.05) is 32.9 Å². The van der Waals surface area contributed by atoms with Crippen molar-refractivity contribution in [3.8, 4) is 6.07 Å². The van der Waals surface area contributed by atoms with Crippen LogP contribution in [0, 0.1) is 11.3 Å². The molecule has 2 amide bonds. The first-order chi connectivity index (χ1) is 14.1.